The fourth-order valence-corrected chi connectivity index (χ4v) is 6.55. The van der Waals surface area contributed by atoms with E-state index in [0.29, 0.717) is 33.8 Å². The minimum Gasteiger partial charge on any atom is -0.357 e. The van der Waals surface area contributed by atoms with Crippen LogP contribution in [0.4, 0.5) is 5.82 Å². The smallest absolute Gasteiger partial charge is 0.270 e. The molecule has 2 fully saturated rings. The highest BCUT2D eigenvalue weighted by molar-refractivity contribution is 8.26. The third kappa shape index (κ3) is 5.68. The van der Waals surface area contributed by atoms with E-state index in [1.54, 1.807) is 9.47 Å². The van der Waals surface area contributed by atoms with Crippen LogP contribution < -0.4 is 10.5 Å². The molecule has 0 unspecified atom stereocenters. The molecular weight excluding hydrogens is 500 g/mol. The van der Waals surface area contributed by atoms with Gasteiger partial charge in [-0.15, -0.1) is 0 Å². The van der Waals surface area contributed by atoms with Gasteiger partial charge in [-0.05, 0) is 62.1 Å². The Morgan fingerprint density at radius 1 is 1.11 bits per heavy atom. The number of benzene rings is 1. The predicted molar refractivity (Wildman–Crippen MR) is 156 cm³/mol. The summed E-state index contributed by atoms with van der Waals surface area (Å²) in [6, 6.07) is 12.7. The van der Waals surface area contributed by atoms with E-state index in [9.17, 15) is 14.9 Å². The van der Waals surface area contributed by atoms with Gasteiger partial charge >= 0.3 is 0 Å². The maximum atomic E-state index is 13.4. The Morgan fingerprint density at radius 2 is 1.78 bits per heavy atom. The van der Waals surface area contributed by atoms with Gasteiger partial charge in [0.1, 0.15) is 21.8 Å². The van der Waals surface area contributed by atoms with Crippen molar-refractivity contribution in [2.45, 2.75) is 59.4 Å². The van der Waals surface area contributed by atoms with Crippen LogP contribution in [0.15, 0.2) is 40.0 Å². The van der Waals surface area contributed by atoms with E-state index >= 15 is 0 Å². The first-order chi connectivity index (χ1) is 17.9. The van der Waals surface area contributed by atoms with E-state index in [0.717, 1.165) is 56.6 Å². The largest absolute Gasteiger partial charge is 0.357 e. The molecule has 3 heterocycles. The van der Waals surface area contributed by atoms with Crippen LogP contribution in [0.1, 0.15) is 61.8 Å². The van der Waals surface area contributed by atoms with Gasteiger partial charge in [-0.2, -0.15) is 5.26 Å². The van der Waals surface area contributed by atoms with Crippen molar-refractivity contribution in [1.82, 2.24) is 9.47 Å². The SMILES string of the molecule is CCCN1C(=O)C(=Cc2c(C)c(C#N)c(=O)n(CCC)c2N2CCC(Cc3ccccc3)CC2)SC1=S. The maximum Gasteiger partial charge on any atom is 0.270 e. The van der Waals surface area contributed by atoms with Crippen molar-refractivity contribution >= 4 is 46.1 Å². The number of carbonyl (C=O) groups excluding carboxylic acids is 1. The number of thiocarbonyl (C=S) groups is 1. The summed E-state index contributed by atoms with van der Waals surface area (Å²) in [4.78, 5) is 31.0. The van der Waals surface area contributed by atoms with Crippen molar-refractivity contribution in [2.75, 3.05) is 24.5 Å². The first kappa shape index (κ1) is 27.2. The monoisotopic (exact) mass is 534 g/mol. The molecule has 6 nitrogen and oxygen atoms in total. The number of rotatable bonds is 8. The highest BCUT2D eigenvalue weighted by Gasteiger charge is 2.33. The molecule has 1 aromatic carbocycles. The molecule has 1 amide bonds. The lowest BCUT2D eigenvalue weighted by atomic mass is 9.90. The van der Waals surface area contributed by atoms with Crippen LogP contribution in [0.5, 0.6) is 0 Å². The molecule has 37 heavy (non-hydrogen) atoms. The molecule has 0 atom stereocenters. The molecule has 0 saturated carbocycles. The topological polar surface area (TPSA) is 69.3 Å². The average molecular weight is 535 g/mol. The van der Waals surface area contributed by atoms with E-state index in [4.69, 9.17) is 12.2 Å². The minimum atomic E-state index is -0.251. The standard InChI is InChI=1S/C29H34N4O2S2/c1-4-13-32-26(31-15-11-22(12-16-31)17-21-9-7-6-8-10-21)23(20(3)24(19-30)27(32)34)18-25-28(35)33(14-5-2)29(36)37-25/h6-10,18,22H,4-5,11-17H2,1-3H3. The molecule has 2 aliphatic rings. The summed E-state index contributed by atoms with van der Waals surface area (Å²) >= 11 is 6.78. The molecule has 0 radical (unpaired) electrons. The molecule has 0 aliphatic carbocycles. The number of piperidine rings is 1. The lowest BCUT2D eigenvalue weighted by Gasteiger charge is -2.36. The van der Waals surface area contributed by atoms with Crippen molar-refractivity contribution in [3.05, 3.63) is 67.8 Å². The van der Waals surface area contributed by atoms with Gasteiger partial charge in [-0.1, -0.05) is 68.2 Å². The van der Waals surface area contributed by atoms with Crippen LogP contribution in [-0.2, 0) is 17.8 Å². The molecule has 4 rings (SSSR count). The zero-order valence-corrected chi connectivity index (χ0v) is 23.5. The number of carbonyl (C=O) groups is 1. The second-order valence-electron chi connectivity index (χ2n) is 9.76. The summed E-state index contributed by atoms with van der Waals surface area (Å²) in [5, 5.41) is 9.86. The molecule has 8 heteroatoms. The Kier molecular flexibility index (Phi) is 8.88. The number of anilines is 1. The highest BCUT2D eigenvalue weighted by Crippen LogP contribution is 2.37. The summed E-state index contributed by atoms with van der Waals surface area (Å²) in [5.74, 6) is 1.30. The van der Waals surface area contributed by atoms with Gasteiger partial charge in [0.2, 0.25) is 0 Å². The fourth-order valence-electron chi connectivity index (χ4n) is 5.26. The Labute approximate surface area is 229 Å². The van der Waals surface area contributed by atoms with E-state index in [-0.39, 0.29) is 17.0 Å². The predicted octanol–water partition coefficient (Wildman–Crippen LogP) is 5.51. The average Bonchev–Trinajstić information content (AvgIpc) is 3.16. The second kappa shape index (κ2) is 12.1. The first-order valence-corrected chi connectivity index (χ1v) is 14.3. The fraction of sp³-hybridized carbons (Fsp3) is 0.448. The third-order valence-electron chi connectivity index (χ3n) is 7.17. The normalized spacial score (nSPS) is 17.6. The number of aromatic nitrogens is 1. The zero-order chi connectivity index (χ0) is 26.5. The molecule has 1 aromatic heterocycles. The van der Waals surface area contributed by atoms with Gasteiger partial charge in [0.05, 0.1) is 4.91 Å². The van der Waals surface area contributed by atoms with Crippen LogP contribution in [0.3, 0.4) is 0 Å². The van der Waals surface area contributed by atoms with E-state index in [1.807, 2.05) is 32.9 Å². The summed E-state index contributed by atoms with van der Waals surface area (Å²) in [6.07, 6.45) is 6.54. The Morgan fingerprint density at radius 3 is 2.41 bits per heavy atom. The summed E-state index contributed by atoms with van der Waals surface area (Å²) < 4.78 is 2.31. The number of hydrogen-bond donors (Lipinski definition) is 0. The second-order valence-corrected chi connectivity index (χ2v) is 11.4. The molecule has 194 valence electrons. The maximum absolute atomic E-state index is 13.4. The quantitative estimate of drug-likeness (QED) is 0.329. The van der Waals surface area contributed by atoms with Crippen LogP contribution in [0.2, 0.25) is 0 Å². The number of pyridine rings is 1. The van der Waals surface area contributed by atoms with Crippen molar-refractivity contribution in [3.63, 3.8) is 0 Å². The molecule has 0 spiro atoms. The Bertz CT molecular complexity index is 1300. The highest BCUT2D eigenvalue weighted by atomic mass is 32.2. The van der Waals surface area contributed by atoms with Crippen molar-refractivity contribution in [3.8, 4) is 6.07 Å². The van der Waals surface area contributed by atoms with E-state index in [1.165, 1.54) is 17.3 Å². The van der Waals surface area contributed by atoms with Gasteiger partial charge in [0.25, 0.3) is 11.5 Å². The summed E-state index contributed by atoms with van der Waals surface area (Å²) in [7, 11) is 0. The first-order valence-electron chi connectivity index (χ1n) is 13.1. The lowest BCUT2D eigenvalue weighted by Crippen LogP contribution is -2.40. The number of hydrogen-bond acceptors (Lipinski definition) is 6. The molecule has 2 saturated heterocycles. The van der Waals surface area contributed by atoms with Crippen molar-refractivity contribution in [2.24, 2.45) is 5.92 Å². The minimum absolute atomic E-state index is 0.101. The van der Waals surface area contributed by atoms with Gasteiger partial charge in [0.15, 0.2) is 0 Å². The number of amides is 1. The number of nitrogens with zero attached hydrogens (tertiary/aromatic N) is 4. The van der Waals surface area contributed by atoms with Gasteiger partial charge < -0.3 is 4.90 Å². The summed E-state index contributed by atoms with van der Waals surface area (Å²) in [6.45, 7) is 8.62. The number of nitriles is 1. The third-order valence-corrected chi connectivity index (χ3v) is 8.55. The summed E-state index contributed by atoms with van der Waals surface area (Å²) in [5.41, 5.74) is 2.66. The van der Waals surface area contributed by atoms with Crippen LogP contribution in [0.25, 0.3) is 6.08 Å². The van der Waals surface area contributed by atoms with E-state index in [2.05, 4.69) is 35.2 Å². The lowest BCUT2D eigenvalue weighted by molar-refractivity contribution is -0.122. The Hall–Kier alpha value is -2.89. The van der Waals surface area contributed by atoms with E-state index < -0.39 is 0 Å². The molecule has 2 aliphatic heterocycles. The van der Waals surface area contributed by atoms with Gasteiger partial charge in [-0.3, -0.25) is 19.1 Å². The van der Waals surface area contributed by atoms with Gasteiger partial charge in [0, 0.05) is 31.7 Å². The van der Waals surface area contributed by atoms with Crippen LogP contribution in [-0.4, -0.2) is 39.3 Å². The zero-order valence-electron chi connectivity index (χ0n) is 21.8. The molecule has 0 bridgehead atoms. The Balaban J connectivity index is 1.73. The van der Waals surface area contributed by atoms with Crippen LogP contribution in [0, 0.1) is 24.2 Å². The van der Waals surface area contributed by atoms with Gasteiger partial charge in [-0.25, -0.2) is 0 Å². The van der Waals surface area contributed by atoms with Crippen molar-refractivity contribution in [1.29, 1.82) is 5.26 Å². The van der Waals surface area contributed by atoms with Crippen LogP contribution >= 0.6 is 24.0 Å². The van der Waals surface area contributed by atoms with Crippen molar-refractivity contribution < 1.29 is 4.79 Å². The molecule has 2 aromatic rings. The molecule has 0 N–H and O–H groups in total. The molecular formula is C29H34N4O2S2. The number of thioether (sulfide) groups is 1.